The van der Waals surface area contributed by atoms with Gasteiger partial charge >= 0.3 is 0 Å². The zero-order valence-corrected chi connectivity index (χ0v) is 7.30. The number of nitrogens with one attached hydrogen (secondary N) is 1. The summed E-state index contributed by atoms with van der Waals surface area (Å²) in [5.41, 5.74) is -0.311. The largest absolute Gasteiger partial charge is 0.394 e. The molecule has 1 rings (SSSR count). The second kappa shape index (κ2) is 3.87. The van der Waals surface area contributed by atoms with Gasteiger partial charge in [0.2, 0.25) is 5.91 Å². The molecule has 0 radical (unpaired) electrons. The van der Waals surface area contributed by atoms with Crippen molar-refractivity contribution < 1.29 is 14.6 Å². The summed E-state index contributed by atoms with van der Waals surface area (Å²) in [4.78, 5) is 11.1. The van der Waals surface area contributed by atoms with Gasteiger partial charge in [0.15, 0.2) is 0 Å². The van der Waals surface area contributed by atoms with E-state index >= 15 is 0 Å². The Labute approximate surface area is 71.9 Å². The van der Waals surface area contributed by atoms with Crippen molar-refractivity contribution in [2.45, 2.75) is 25.3 Å². The zero-order valence-electron chi connectivity index (χ0n) is 7.30. The first kappa shape index (κ1) is 9.48. The molecule has 0 aromatic carbocycles. The van der Waals surface area contributed by atoms with Crippen molar-refractivity contribution in [2.75, 3.05) is 19.8 Å². The molecule has 0 atom stereocenters. The maximum absolute atomic E-state index is 11.1. The SMILES string of the molecule is CCOCC(=O)NC1(CO)CC1. The van der Waals surface area contributed by atoms with Crippen molar-refractivity contribution in [2.24, 2.45) is 0 Å². The number of hydrogen-bond acceptors (Lipinski definition) is 3. The lowest BCUT2D eigenvalue weighted by atomic mass is 10.3. The molecule has 0 heterocycles. The van der Waals surface area contributed by atoms with Gasteiger partial charge in [0.05, 0.1) is 12.1 Å². The number of carbonyl (C=O) groups is 1. The lowest BCUT2D eigenvalue weighted by Gasteiger charge is -2.13. The van der Waals surface area contributed by atoms with Crippen LogP contribution in [0, 0.1) is 0 Å². The van der Waals surface area contributed by atoms with Gasteiger partial charge < -0.3 is 15.2 Å². The molecule has 4 nitrogen and oxygen atoms in total. The molecule has 1 aliphatic carbocycles. The normalized spacial score (nSPS) is 18.8. The van der Waals surface area contributed by atoms with Gasteiger partial charge in [-0.1, -0.05) is 0 Å². The molecule has 0 aliphatic heterocycles. The van der Waals surface area contributed by atoms with Gasteiger partial charge in [0.1, 0.15) is 6.61 Å². The maximum atomic E-state index is 11.1. The summed E-state index contributed by atoms with van der Waals surface area (Å²) in [5, 5.41) is 11.6. The number of ether oxygens (including phenoxy) is 1. The van der Waals surface area contributed by atoms with Crippen molar-refractivity contribution in [1.29, 1.82) is 0 Å². The van der Waals surface area contributed by atoms with E-state index in [2.05, 4.69) is 5.32 Å². The second-order valence-electron chi connectivity index (χ2n) is 3.12. The molecule has 0 aromatic rings. The molecule has 1 fully saturated rings. The minimum Gasteiger partial charge on any atom is -0.394 e. The van der Waals surface area contributed by atoms with E-state index in [9.17, 15) is 4.79 Å². The van der Waals surface area contributed by atoms with Gasteiger partial charge in [-0.05, 0) is 19.8 Å². The van der Waals surface area contributed by atoms with E-state index in [0.29, 0.717) is 6.61 Å². The van der Waals surface area contributed by atoms with Crippen molar-refractivity contribution in [3.8, 4) is 0 Å². The summed E-state index contributed by atoms with van der Waals surface area (Å²) in [6.45, 7) is 2.51. The van der Waals surface area contributed by atoms with E-state index in [-0.39, 0.29) is 24.7 Å². The molecule has 1 amide bonds. The van der Waals surface area contributed by atoms with E-state index in [1.165, 1.54) is 0 Å². The number of aliphatic hydroxyl groups is 1. The van der Waals surface area contributed by atoms with Crippen LogP contribution in [0.1, 0.15) is 19.8 Å². The molecule has 70 valence electrons. The minimum absolute atomic E-state index is 0.0326. The first-order valence-corrected chi connectivity index (χ1v) is 4.22. The predicted molar refractivity (Wildman–Crippen MR) is 43.7 cm³/mol. The third-order valence-corrected chi connectivity index (χ3v) is 2.00. The van der Waals surface area contributed by atoms with Crippen LogP contribution in [0.4, 0.5) is 0 Å². The van der Waals surface area contributed by atoms with Gasteiger partial charge in [-0.25, -0.2) is 0 Å². The fourth-order valence-corrected chi connectivity index (χ4v) is 1.00. The third-order valence-electron chi connectivity index (χ3n) is 2.00. The first-order valence-electron chi connectivity index (χ1n) is 4.22. The Morgan fingerprint density at radius 1 is 1.67 bits per heavy atom. The smallest absolute Gasteiger partial charge is 0.246 e. The van der Waals surface area contributed by atoms with Gasteiger partial charge in [0.25, 0.3) is 0 Å². The zero-order chi connectivity index (χ0) is 9.03. The van der Waals surface area contributed by atoms with E-state index in [4.69, 9.17) is 9.84 Å². The Hall–Kier alpha value is -0.610. The highest BCUT2D eigenvalue weighted by atomic mass is 16.5. The molecule has 0 unspecified atom stereocenters. The van der Waals surface area contributed by atoms with Crippen LogP contribution in [0.3, 0.4) is 0 Å². The van der Waals surface area contributed by atoms with Gasteiger partial charge in [-0.2, -0.15) is 0 Å². The van der Waals surface area contributed by atoms with Crippen LogP contribution >= 0.6 is 0 Å². The molecule has 4 heteroatoms. The fraction of sp³-hybridized carbons (Fsp3) is 0.875. The maximum Gasteiger partial charge on any atom is 0.246 e. The second-order valence-corrected chi connectivity index (χ2v) is 3.12. The van der Waals surface area contributed by atoms with Crippen molar-refractivity contribution >= 4 is 5.91 Å². The summed E-state index contributed by atoms with van der Waals surface area (Å²) in [6, 6.07) is 0. The number of aliphatic hydroxyl groups excluding tert-OH is 1. The molecule has 0 saturated heterocycles. The molecule has 0 bridgehead atoms. The van der Waals surface area contributed by atoms with Crippen molar-refractivity contribution in [1.82, 2.24) is 5.32 Å². The number of amides is 1. The average molecular weight is 173 g/mol. The van der Waals surface area contributed by atoms with Crippen LogP contribution in [-0.4, -0.2) is 36.4 Å². The van der Waals surface area contributed by atoms with E-state index < -0.39 is 0 Å². The molecule has 12 heavy (non-hydrogen) atoms. The molecular formula is C8H15NO3. The summed E-state index contributed by atoms with van der Waals surface area (Å²) in [7, 11) is 0. The third kappa shape index (κ3) is 2.46. The van der Waals surface area contributed by atoms with Crippen LogP contribution in [0.15, 0.2) is 0 Å². The van der Waals surface area contributed by atoms with Crippen LogP contribution < -0.4 is 5.32 Å². The predicted octanol–water partition coefficient (Wildman–Crippen LogP) is -0.336. The van der Waals surface area contributed by atoms with Gasteiger partial charge in [0, 0.05) is 6.61 Å². The molecular weight excluding hydrogens is 158 g/mol. The fourth-order valence-electron chi connectivity index (χ4n) is 1.00. The summed E-state index contributed by atoms with van der Waals surface area (Å²) < 4.78 is 4.92. The van der Waals surface area contributed by atoms with Gasteiger partial charge in [-0.3, -0.25) is 4.79 Å². The number of carbonyl (C=O) groups excluding carboxylic acids is 1. The van der Waals surface area contributed by atoms with Crippen LogP contribution in [0.2, 0.25) is 0 Å². The van der Waals surface area contributed by atoms with Crippen LogP contribution in [0.5, 0.6) is 0 Å². The van der Waals surface area contributed by atoms with E-state index in [0.717, 1.165) is 12.8 Å². The van der Waals surface area contributed by atoms with Crippen LogP contribution in [0.25, 0.3) is 0 Å². The Morgan fingerprint density at radius 3 is 2.75 bits per heavy atom. The topological polar surface area (TPSA) is 58.6 Å². The Balaban J connectivity index is 2.17. The Morgan fingerprint density at radius 2 is 2.33 bits per heavy atom. The quantitative estimate of drug-likeness (QED) is 0.598. The monoisotopic (exact) mass is 173 g/mol. The highest BCUT2D eigenvalue weighted by molar-refractivity contribution is 5.78. The standard InChI is InChI=1S/C8H15NO3/c1-2-12-5-7(11)9-8(6-10)3-4-8/h10H,2-6H2,1H3,(H,9,11). The Bertz CT molecular complexity index is 166. The van der Waals surface area contributed by atoms with E-state index in [1.807, 2.05) is 6.92 Å². The van der Waals surface area contributed by atoms with Crippen LogP contribution in [-0.2, 0) is 9.53 Å². The molecule has 1 aliphatic rings. The average Bonchev–Trinajstić information content (AvgIpc) is 2.82. The molecule has 1 saturated carbocycles. The van der Waals surface area contributed by atoms with Crippen molar-refractivity contribution in [3.05, 3.63) is 0 Å². The highest BCUT2D eigenvalue weighted by Gasteiger charge is 2.43. The highest BCUT2D eigenvalue weighted by Crippen LogP contribution is 2.34. The first-order chi connectivity index (χ1) is 5.72. The lowest BCUT2D eigenvalue weighted by molar-refractivity contribution is -0.126. The molecule has 2 N–H and O–H groups in total. The number of hydrogen-bond donors (Lipinski definition) is 2. The minimum atomic E-state index is -0.311. The summed E-state index contributed by atoms with van der Waals surface area (Å²) in [6.07, 6.45) is 1.75. The summed E-state index contributed by atoms with van der Waals surface area (Å²) in [5.74, 6) is -0.136. The van der Waals surface area contributed by atoms with Crippen molar-refractivity contribution in [3.63, 3.8) is 0 Å². The molecule has 0 spiro atoms. The van der Waals surface area contributed by atoms with E-state index in [1.54, 1.807) is 0 Å². The van der Waals surface area contributed by atoms with Gasteiger partial charge in [-0.15, -0.1) is 0 Å². The molecule has 0 aromatic heterocycles. The number of rotatable bonds is 5. The summed E-state index contributed by atoms with van der Waals surface area (Å²) >= 11 is 0. The lowest BCUT2D eigenvalue weighted by Crippen LogP contribution is -2.41. The Kier molecular flexibility index (Phi) is 3.05.